The third-order valence-corrected chi connectivity index (χ3v) is 8.48. The monoisotopic (exact) mass is 468 g/mol. The summed E-state index contributed by atoms with van der Waals surface area (Å²) in [6.45, 7) is 8.36. The summed E-state index contributed by atoms with van der Waals surface area (Å²) in [6.07, 6.45) is 0.550. The molecule has 6 nitrogen and oxygen atoms in total. The Morgan fingerprint density at radius 1 is 1.17 bits per heavy atom. The van der Waals surface area contributed by atoms with E-state index in [9.17, 15) is 18.0 Å². The molecule has 1 atom stereocenters. The average Bonchev–Trinajstić information content (AvgIpc) is 3.06. The molecule has 2 aromatic rings. The Hall–Kier alpha value is -1.90. The number of nitrogens with zero attached hydrogens (tertiary/aromatic N) is 1. The van der Waals surface area contributed by atoms with Gasteiger partial charge in [-0.15, -0.1) is 11.3 Å². The van der Waals surface area contributed by atoms with Crippen LogP contribution in [0.2, 0.25) is 4.34 Å². The Kier molecular flexibility index (Phi) is 6.06. The van der Waals surface area contributed by atoms with Crippen LogP contribution in [0.3, 0.4) is 0 Å². The van der Waals surface area contributed by atoms with E-state index in [1.807, 2.05) is 24.3 Å². The van der Waals surface area contributed by atoms with E-state index in [4.69, 9.17) is 11.6 Å². The van der Waals surface area contributed by atoms with Crippen molar-refractivity contribution < 1.29 is 18.0 Å². The summed E-state index contributed by atoms with van der Waals surface area (Å²) >= 11 is 6.66. The Balaban J connectivity index is 1.68. The summed E-state index contributed by atoms with van der Waals surface area (Å²) in [5, 5.41) is 0. The minimum Gasteiger partial charge on any atom is -0.328 e. The van der Waals surface area contributed by atoms with Gasteiger partial charge >= 0.3 is 0 Å². The number of amides is 2. The van der Waals surface area contributed by atoms with Crippen molar-refractivity contribution in [3.63, 3.8) is 0 Å². The van der Waals surface area contributed by atoms with Crippen LogP contribution in [0.4, 0.5) is 0 Å². The summed E-state index contributed by atoms with van der Waals surface area (Å²) < 4.78 is 27.2. The molecule has 2 amide bonds. The molecule has 0 spiro atoms. The van der Waals surface area contributed by atoms with Crippen molar-refractivity contribution in [2.75, 3.05) is 6.54 Å². The van der Waals surface area contributed by atoms with Gasteiger partial charge in [-0.3, -0.25) is 9.59 Å². The standard InChI is InChI=1S/C21H25ClN2O4S2/c1-20(2,3)15-7-5-14(6-8-15)13-17(25)24-12-11-21(24,4)19(26)23-30(27,28)18-10-9-16(22)29-18/h5-10H,11-13H2,1-4H3,(H,23,26). The number of benzene rings is 1. The molecule has 2 heterocycles. The van der Waals surface area contributed by atoms with Crippen molar-refractivity contribution in [3.8, 4) is 0 Å². The summed E-state index contributed by atoms with van der Waals surface area (Å²) in [7, 11) is -4.03. The maximum atomic E-state index is 12.8. The number of nitrogens with one attached hydrogen (secondary N) is 1. The second kappa shape index (κ2) is 7.98. The predicted molar refractivity (Wildman–Crippen MR) is 118 cm³/mol. The molecule has 1 N–H and O–H groups in total. The third kappa shape index (κ3) is 4.55. The molecule has 30 heavy (non-hydrogen) atoms. The van der Waals surface area contributed by atoms with Gasteiger partial charge in [0.05, 0.1) is 10.8 Å². The van der Waals surface area contributed by atoms with Crippen LogP contribution in [-0.2, 0) is 31.4 Å². The normalized spacial score (nSPS) is 19.3. The third-order valence-electron chi connectivity index (χ3n) is 5.42. The van der Waals surface area contributed by atoms with Crippen LogP contribution >= 0.6 is 22.9 Å². The fraction of sp³-hybridized carbons (Fsp3) is 0.429. The molecule has 1 aromatic carbocycles. The van der Waals surface area contributed by atoms with E-state index in [1.54, 1.807) is 6.92 Å². The van der Waals surface area contributed by atoms with Crippen molar-refractivity contribution in [1.29, 1.82) is 0 Å². The second-order valence-electron chi connectivity index (χ2n) is 8.69. The molecule has 0 aliphatic carbocycles. The van der Waals surface area contributed by atoms with Gasteiger partial charge < -0.3 is 4.90 Å². The molecule has 1 aliphatic heterocycles. The quantitative estimate of drug-likeness (QED) is 0.724. The highest BCUT2D eigenvalue weighted by molar-refractivity contribution is 7.92. The first-order valence-corrected chi connectivity index (χ1v) is 12.2. The summed E-state index contributed by atoms with van der Waals surface area (Å²) in [4.78, 5) is 27.0. The maximum Gasteiger partial charge on any atom is 0.273 e. The Labute approximate surface area is 186 Å². The molecule has 0 saturated carbocycles. The van der Waals surface area contributed by atoms with E-state index in [2.05, 4.69) is 25.5 Å². The fourth-order valence-corrected chi connectivity index (χ4v) is 5.87. The number of carbonyl (C=O) groups excluding carboxylic acids is 2. The minimum atomic E-state index is -4.03. The molecular formula is C21H25ClN2O4S2. The highest BCUT2D eigenvalue weighted by Gasteiger charge is 2.50. The van der Waals surface area contributed by atoms with Crippen LogP contribution < -0.4 is 4.72 Å². The molecule has 9 heteroatoms. The number of halogens is 1. The van der Waals surface area contributed by atoms with Gasteiger partial charge in [0, 0.05) is 6.54 Å². The lowest BCUT2D eigenvalue weighted by Crippen LogP contribution is -2.68. The van der Waals surface area contributed by atoms with E-state index in [1.165, 1.54) is 22.6 Å². The van der Waals surface area contributed by atoms with Gasteiger partial charge in [0.15, 0.2) is 0 Å². The number of hydrogen-bond acceptors (Lipinski definition) is 5. The van der Waals surface area contributed by atoms with E-state index in [0.717, 1.165) is 16.9 Å². The molecular weight excluding hydrogens is 444 g/mol. The van der Waals surface area contributed by atoms with E-state index in [-0.39, 0.29) is 22.0 Å². The lowest BCUT2D eigenvalue weighted by atomic mass is 9.84. The van der Waals surface area contributed by atoms with Gasteiger partial charge in [0.25, 0.3) is 15.9 Å². The summed E-state index contributed by atoms with van der Waals surface area (Å²) in [5.74, 6) is -0.923. The van der Waals surface area contributed by atoms with Crippen molar-refractivity contribution in [2.45, 2.75) is 55.7 Å². The van der Waals surface area contributed by atoms with Crippen molar-refractivity contribution in [2.24, 2.45) is 0 Å². The molecule has 3 rings (SSSR count). The lowest BCUT2D eigenvalue weighted by molar-refractivity contribution is -0.156. The van der Waals surface area contributed by atoms with E-state index in [0.29, 0.717) is 17.3 Å². The smallest absolute Gasteiger partial charge is 0.273 e. The first kappa shape index (κ1) is 22.8. The molecule has 1 aliphatic rings. The number of hydrogen-bond donors (Lipinski definition) is 1. The summed E-state index contributed by atoms with van der Waals surface area (Å²) in [6, 6.07) is 10.6. The van der Waals surface area contributed by atoms with Crippen molar-refractivity contribution >= 4 is 44.8 Å². The largest absolute Gasteiger partial charge is 0.328 e. The molecule has 1 fully saturated rings. The van der Waals surface area contributed by atoms with Crippen molar-refractivity contribution in [3.05, 3.63) is 51.9 Å². The fourth-order valence-electron chi connectivity index (χ4n) is 3.31. The van der Waals surface area contributed by atoms with Gasteiger partial charge in [-0.1, -0.05) is 56.6 Å². The molecule has 1 unspecified atom stereocenters. The maximum absolute atomic E-state index is 12.8. The zero-order valence-corrected chi connectivity index (χ0v) is 19.7. The van der Waals surface area contributed by atoms with Crippen LogP contribution in [0.1, 0.15) is 45.2 Å². The van der Waals surface area contributed by atoms with Crippen LogP contribution in [-0.4, -0.2) is 37.2 Å². The Bertz CT molecular complexity index is 1070. The van der Waals surface area contributed by atoms with Crippen LogP contribution in [0.15, 0.2) is 40.6 Å². The minimum absolute atomic E-state index is 0.0228. The summed E-state index contributed by atoms with van der Waals surface area (Å²) in [5.41, 5.74) is 0.847. The van der Waals surface area contributed by atoms with E-state index >= 15 is 0 Å². The SMILES string of the molecule is CC(C)(C)c1ccc(CC(=O)N2CCC2(C)C(=O)NS(=O)(=O)c2ccc(Cl)s2)cc1. The van der Waals surface area contributed by atoms with Crippen LogP contribution in [0, 0.1) is 0 Å². The van der Waals surface area contributed by atoms with Crippen molar-refractivity contribution in [1.82, 2.24) is 9.62 Å². The molecule has 162 valence electrons. The van der Waals surface area contributed by atoms with Crippen LogP contribution in [0.25, 0.3) is 0 Å². The van der Waals surface area contributed by atoms with Crippen LogP contribution in [0.5, 0.6) is 0 Å². The Morgan fingerprint density at radius 2 is 1.80 bits per heavy atom. The van der Waals surface area contributed by atoms with Gasteiger partial charge in [-0.2, -0.15) is 0 Å². The molecule has 0 radical (unpaired) electrons. The highest BCUT2D eigenvalue weighted by atomic mass is 35.5. The Morgan fingerprint density at radius 3 is 2.27 bits per heavy atom. The number of thiophene rings is 1. The highest BCUT2D eigenvalue weighted by Crippen LogP contribution is 2.33. The predicted octanol–water partition coefficient (Wildman–Crippen LogP) is 3.74. The van der Waals surface area contributed by atoms with Gasteiger partial charge in [0.2, 0.25) is 5.91 Å². The molecule has 1 saturated heterocycles. The zero-order valence-electron chi connectivity index (χ0n) is 17.4. The number of rotatable bonds is 5. The number of carbonyl (C=O) groups is 2. The topological polar surface area (TPSA) is 83.6 Å². The molecule has 0 bridgehead atoms. The average molecular weight is 469 g/mol. The number of sulfonamides is 1. The lowest BCUT2D eigenvalue weighted by Gasteiger charge is -2.48. The first-order valence-electron chi connectivity index (χ1n) is 9.55. The van der Waals surface area contributed by atoms with Gasteiger partial charge in [-0.05, 0) is 42.0 Å². The molecule has 1 aromatic heterocycles. The van der Waals surface area contributed by atoms with E-state index < -0.39 is 21.5 Å². The number of likely N-dealkylation sites (tertiary alicyclic amines) is 1. The van der Waals surface area contributed by atoms with Gasteiger partial charge in [-0.25, -0.2) is 13.1 Å². The van der Waals surface area contributed by atoms with Gasteiger partial charge in [0.1, 0.15) is 9.75 Å². The second-order valence-corrected chi connectivity index (χ2v) is 12.3. The zero-order chi connectivity index (χ0) is 22.3. The first-order chi connectivity index (χ1) is 13.8.